The van der Waals surface area contributed by atoms with Crippen molar-refractivity contribution in [1.29, 1.82) is 0 Å². The molecule has 1 saturated heterocycles. The Labute approximate surface area is 183 Å². The number of nitrogens with zero attached hydrogens (tertiary/aromatic N) is 5. The van der Waals surface area contributed by atoms with Crippen LogP contribution < -0.4 is 10.5 Å². The normalized spacial score (nSPS) is 18.1. The Kier molecular flexibility index (Phi) is 5.30. The summed E-state index contributed by atoms with van der Waals surface area (Å²) in [6, 6.07) is 8.64. The number of hydrogen-bond donors (Lipinski definition) is 1. The SMILES string of the molecule is CC1CCN(c2nc3c(c(=O)[nH]2)CN(Cc2nc4ccccc4n2C(C)C)CC3)CC1. The van der Waals surface area contributed by atoms with Crippen molar-refractivity contribution < 1.29 is 0 Å². The maximum atomic E-state index is 12.9. The molecule has 164 valence electrons. The molecule has 3 aromatic rings. The maximum absolute atomic E-state index is 12.9. The topological polar surface area (TPSA) is 70.1 Å². The first kappa shape index (κ1) is 20.2. The molecule has 0 bridgehead atoms. The molecule has 5 rings (SSSR count). The van der Waals surface area contributed by atoms with E-state index in [1.807, 2.05) is 6.07 Å². The van der Waals surface area contributed by atoms with Crippen molar-refractivity contribution in [3.8, 4) is 0 Å². The summed E-state index contributed by atoms with van der Waals surface area (Å²) >= 11 is 0. The van der Waals surface area contributed by atoms with Gasteiger partial charge >= 0.3 is 0 Å². The fraction of sp³-hybridized carbons (Fsp3) is 0.542. The highest BCUT2D eigenvalue weighted by atomic mass is 16.1. The summed E-state index contributed by atoms with van der Waals surface area (Å²) in [5.74, 6) is 2.57. The highest BCUT2D eigenvalue weighted by Crippen LogP contribution is 2.25. The molecule has 31 heavy (non-hydrogen) atoms. The van der Waals surface area contributed by atoms with Crippen molar-refractivity contribution in [3.63, 3.8) is 0 Å². The molecule has 2 aliphatic rings. The lowest BCUT2D eigenvalue weighted by molar-refractivity contribution is 0.231. The van der Waals surface area contributed by atoms with Crippen molar-refractivity contribution in [2.45, 2.75) is 59.2 Å². The van der Waals surface area contributed by atoms with E-state index in [4.69, 9.17) is 9.97 Å². The first-order valence-corrected chi connectivity index (χ1v) is 11.5. The van der Waals surface area contributed by atoms with Crippen LogP contribution in [0.2, 0.25) is 0 Å². The predicted molar refractivity (Wildman–Crippen MR) is 123 cm³/mol. The number of aromatic nitrogens is 4. The van der Waals surface area contributed by atoms with Crippen LogP contribution in [0, 0.1) is 5.92 Å². The van der Waals surface area contributed by atoms with E-state index in [0.717, 1.165) is 79.9 Å². The van der Waals surface area contributed by atoms with Gasteiger partial charge in [-0.2, -0.15) is 0 Å². The second-order valence-electron chi connectivity index (χ2n) is 9.43. The van der Waals surface area contributed by atoms with Crippen LogP contribution >= 0.6 is 0 Å². The average molecular weight is 421 g/mol. The molecule has 0 atom stereocenters. The summed E-state index contributed by atoms with van der Waals surface area (Å²) in [7, 11) is 0. The van der Waals surface area contributed by atoms with Gasteiger partial charge in [0, 0.05) is 38.6 Å². The van der Waals surface area contributed by atoms with Crippen molar-refractivity contribution >= 4 is 17.0 Å². The molecule has 0 amide bonds. The largest absolute Gasteiger partial charge is 0.342 e. The van der Waals surface area contributed by atoms with Gasteiger partial charge in [-0.25, -0.2) is 9.97 Å². The second kappa shape index (κ2) is 8.11. The van der Waals surface area contributed by atoms with Crippen LogP contribution in [0.25, 0.3) is 11.0 Å². The lowest BCUT2D eigenvalue weighted by Gasteiger charge is -2.32. The van der Waals surface area contributed by atoms with Gasteiger partial charge in [0.15, 0.2) is 0 Å². The molecule has 2 aliphatic heterocycles. The molecular weight excluding hydrogens is 388 g/mol. The molecular formula is C24H32N6O. The third-order valence-corrected chi connectivity index (χ3v) is 6.77. The third-order valence-electron chi connectivity index (χ3n) is 6.77. The van der Waals surface area contributed by atoms with Crippen LogP contribution in [0.1, 0.15) is 56.7 Å². The van der Waals surface area contributed by atoms with E-state index in [1.165, 1.54) is 5.52 Å². The molecule has 0 spiro atoms. The number of rotatable bonds is 4. The van der Waals surface area contributed by atoms with Gasteiger partial charge in [-0.3, -0.25) is 14.7 Å². The lowest BCUT2D eigenvalue weighted by Crippen LogP contribution is -2.39. The Morgan fingerprint density at radius 1 is 1.13 bits per heavy atom. The van der Waals surface area contributed by atoms with E-state index >= 15 is 0 Å². The minimum atomic E-state index is 0.0145. The van der Waals surface area contributed by atoms with Crippen LogP contribution in [-0.2, 0) is 19.5 Å². The van der Waals surface area contributed by atoms with E-state index in [-0.39, 0.29) is 5.56 Å². The molecule has 7 nitrogen and oxygen atoms in total. The summed E-state index contributed by atoms with van der Waals surface area (Å²) in [5, 5.41) is 0. The molecule has 0 unspecified atom stereocenters. The third kappa shape index (κ3) is 3.87. The summed E-state index contributed by atoms with van der Waals surface area (Å²) < 4.78 is 2.31. The van der Waals surface area contributed by atoms with Gasteiger partial charge in [-0.05, 0) is 44.7 Å². The Balaban J connectivity index is 1.38. The van der Waals surface area contributed by atoms with Gasteiger partial charge in [0.05, 0.1) is 28.8 Å². The van der Waals surface area contributed by atoms with Gasteiger partial charge in [0.2, 0.25) is 5.95 Å². The Hall–Kier alpha value is -2.67. The number of aromatic amines is 1. The first-order valence-electron chi connectivity index (χ1n) is 11.5. The van der Waals surface area contributed by atoms with Gasteiger partial charge < -0.3 is 9.47 Å². The zero-order valence-electron chi connectivity index (χ0n) is 18.8. The van der Waals surface area contributed by atoms with Crippen LogP contribution in [0.15, 0.2) is 29.1 Å². The van der Waals surface area contributed by atoms with Gasteiger partial charge in [-0.1, -0.05) is 19.1 Å². The molecule has 1 N–H and O–H groups in total. The van der Waals surface area contributed by atoms with Gasteiger partial charge in [0.25, 0.3) is 5.56 Å². The highest BCUT2D eigenvalue weighted by Gasteiger charge is 2.25. The smallest absolute Gasteiger partial charge is 0.257 e. The number of nitrogens with one attached hydrogen (secondary N) is 1. The van der Waals surface area contributed by atoms with Crippen molar-refractivity contribution in [2.75, 3.05) is 24.5 Å². The molecule has 2 aromatic heterocycles. The quantitative estimate of drug-likeness (QED) is 0.700. The average Bonchev–Trinajstić information content (AvgIpc) is 3.12. The maximum Gasteiger partial charge on any atom is 0.257 e. The molecule has 0 radical (unpaired) electrons. The predicted octanol–water partition coefficient (Wildman–Crippen LogP) is 3.50. The minimum Gasteiger partial charge on any atom is -0.342 e. The van der Waals surface area contributed by atoms with E-state index in [2.05, 4.69) is 58.3 Å². The molecule has 1 fully saturated rings. The fourth-order valence-corrected chi connectivity index (χ4v) is 4.96. The number of benzene rings is 1. The summed E-state index contributed by atoms with van der Waals surface area (Å²) in [6.07, 6.45) is 3.12. The monoisotopic (exact) mass is 420 g/mol. The van der Waals surface area contributed by atoms with Gasteiger partial charge in [-0.15, -0.1) is 0 Å². The molecule has 0 saturated carbocycles. The standard InChI is InChI=1S/C24H32N6O/c1-16(2)30-21-7-5-4-6-20(21)25-22(30)15-28-11-10-19-18(14-28)23(31)27-24(26-19)29-12-8-17(3)9-13-29/h4-7,16-17H,8-15H2,1-3H3,(H,26,27,31). The van der Waals surface area contributed by atoms with E-state index in [1.54, 1.807) is 0 Å². The number of fused-ring (bicyclic) bond motifs is 2. The van der Waals surface area contributed by atoms with Crippen molar-refractivity contribution in [1.82, 2.24) is 24.4 Å². The van der Waals surface area contributed by atoms with Crippen LogP contribution in [0.5, 0.6) is 0 Å². The van der Waals surface area contributed by atoms with Crippen LogP contribution in [-0.4, -0.2) is 44.1 Å². The number of H-pyrrole nitrogens is 1. The fourth-order valence-electron chi connectivity index (χ4n) is 4.96. The van der Waals surface area contributed by atoms with E-state index < -0.39 is 0 Å². The number of para-hydroxylation sites is 2. The zero-order valence-corrected chi connectivity index (χ0v) is 18.8. The molecule has 7 heteroatoms. The van der Waals surface area contributed by atoms with Crippen molar-refractivity contribution in [3.05, 3.63) is 51.7 Å². The molecule has 0 aliphatic carbocycles. The molecule has 1 aromatic carbocycles. The minimum absolute atomic E-state index is 0.0145. The van der Waals surface area contributed by atoms with Crippen LogP contribution in [0.4, 0.5) is 5.95 Å². The number of anilines is 1. The zero-order chi connectivity index (χ0) is 21.5. The van der Waals surface area contributed by atoms with E-state index in [9.17, 15) is 4.79 Å². The second-order valence-corrected chi connectivity index (χ2v) is 9.43. The summed E-state index contributed by atoms with van der Waals surface area (Å²) in [5.41, 5.74) is 3.99. The molecule has 4 heterocycles. The van der Waals surface area contributed by atoms with Gasteiger partial charge in [0.1, 0.15) is 5.82 Å². The summed E-state index contributed by atoms with van der Waals surface area (Å²) in [4.78, 5) is 30.3. The number of imidazole rings is 1. The summed E-state index contributed by atoms with van der Waals surface area (Å²) in [6.45, 7) is 10.9. The lowest BCUT2D eigenvalue weighted by atomic mass is 9.99. The Bertz CT molecular complexity index is 1140. The number of piperidine rings is 1. The Morgan fingerprint density at radius 3 is 2.68 bits per heavy atom. The van der Waals surface area contributed by atoms with Crippen molar-refractivity contribution in [2.24, 2.45) is 5.92 Å². The number of hydrogen-bond acceptors (Lipinski definition) is 5. The highest BCUT2D eigenvalue weighted by molar-refractivity contribution is 5.76. The van der Waals surface area contributed by atoms with Crippen LogP contribution in [0.3, 0.4) is 0 Å². The Morgan fingerprint density at radius 2 is 1.90 bits per heavy atom. The first-order chi connectivity index (χ1) is 15.0. The van der Waals surface area contributed by atoms with E-state index in [0.29, 0.717) is 12.6 Å².